The summed E-state index contributed by atoms with van der Waals surface area (Å²) >= 11 is 8.74. The van der Waals surface area contributed by atoms with Gasteiger partial charge in [-0.3, -0.25) is 0 Å². The van der Waals surface area contributed by atoms with Gasteiger partial charge in [-0.15, -0.1) is 23.5 Å². The first-order chi connectivity index (χ1) is 3.31. The average molecular weight is 155 g/mol. The van der Waals surface area contributed by atoms with E-state index < -0.39 is 0 Å². The molecule has 0 aliphatic heterocycles. The van der Waals surface area contributed by atoms with Crippen molar-refractivity contribution in [2.45, 2.75) is 0 Å². The summed E-state index contributed by atoms with van der Waals surface area (Å²) in [6.07, 6.45) is 3.94. The van der Waals surface area contributed by atoms with E-state index in [9.17, 15) is 0 Å². The monoisotopic (exact) mass is 154 g/mol. The van der Waals surface area contributed by atoms with Gasteiger partial charge >= 0.3 is 0 Å². The molecule has 0 rings (SSSR count). The van der Waals surface area contributed by atoms with Gasteiger partial charge in [0.2, 0.25) is 0 Å². The van der Waals surface area contributed by atoms with Gasteiger partial charge in [-0.25, -0.2) is 0 Å². The first-order valence-corrected chi connectivity index (χ1v) is 4.62. The lowest BCUT2D eigenvalue weighted by Gasteiger charge is -1.84. The molecule has 42 valence electrons. The summed E-state index contributed by atoms with van der Waals surface area (Å²) in [6, 6.07) is 0. The van der Waals surface area contributed by atoms with Crippen molar-refractivity contribution in [1.82, 2.24) is 0 Å². The minimum absolute atomic E-state index is 0.854. The van der Waals surface area contributed by atoms with Crippen molar-refractivity contribution in [3.05, 3.63) is 9.77 Å². The highest BCUT2D eigenvalue weighted by molar-refractivity contribution is 8.06. The van der Waals surface area contributed by atoms with Crippen LogP contribution in [0, 0.1) is 0 Å². The van der Waals surface area contributed by atoms with Crippen molar-refractivity contribution >= 4 is 35.1 Å². The van der Waals surface area contributed by atoms with Gasteiger partial charge < -0.3 is 0 Å². The van der Waals surface area contributed by atoms with E-state index in [0.29, 0.717) is 0 Å². The van der Waals surface area contributed by atoms with Crippen molar-refractivity contribution in [2.24, 2.45) is 0 Å². The third-order valence-corrected chi connectivity index (χ3v) is 2.24. The zero-order valence-electron chi connectivity index (χ0n) is 4.27. The minimum atomic E-state index is 0.854. The van der Waals surface area contributed by atoms with E-state index in [1.54, 1.807) is 23.5 Å². The van der Waals surface area contributed by atoms with E-state index in [1.807, 2.05) is 17.9 Å². The molecular formula is C4H7ClS2. The largest absolute Gasteiger partial charge is 0.135 e. The van der Waals surface area contributed by atoms with Crippen molar-refractivity contribution in [1.29, 1.82) is 0 Å². The molecule has 0 heterocycles. The van der Waals surface area contributed by atoms with Gasteiger partial charge in [0.15, 0.2) is 0 Å². The molecule has 0 spiro atoms. The number of thioether (sulfide) groups is 2. The Morgan fingerprint density at radius 2 is 2.14 bits per heavy atom. The lowest BCUT2D eigenvalue weighted by Crippen LogP contribution is -1.52. The van der Waals surface area contributed by atoms with Crippen LogP contribution < -0.4 is 0 Å². The molecule has 0 atom stereocenters. The van der Waals surface area contributed by atoms with Gasteiger partial charge in [0.1, 0.15) is 0 Å². The van der Waals surface area contributed by atoms with Gasteiger partial charge in [0.05, 0.1) is 4.36 Å². The van der Waals surface area contributed by atoms with Crippen molar-refractivity contribution in [3.63, 3.8) is 0 Å². The molecular weight excluding hydrogens is 148 g/mol. The minimum Gasteiger partial charge on any atom is -0.135 e. The maximum absolute atomic E-state index is 5.57. The van der Waals surface area contributed by atoms with Crippen LogP contribution >= 0.6 is 35.1 Å². The van der Waals surface area contributed by atoms with E-state index in [1.165, 1.54) is 0 Å². The standard InChI is InChI=1S/C4H7ClS2/c1-6-3-4(5)7-2/h3H,1-2H3/b4-3+. The summed E-state index contributed by atoms with van der Waals surface area (Å²) in [5, 5.41) is 1.91. The summed E-state index contributed by atoms with van der Waals surface area (Å²) in [7, 11) is 0. The number of hydrogen-bond donors (Lipinski definition) is 0. The topological polar surface area (TPSA) is 0 Å². The highest BCUT2D eigenvalue weighted by Gasteiger charge is 1.81. The van der Waals surface area contributed by atoms with Crippen LogP contribution in [-0.4, -0.2) is 12.5 Å². The fourth-order valence-electron chi connectivity index (χ4n) is 0.141. The Morgan fingerprint density at radius 3 is 2.29 bits per heavy atom. The summed E-state index contributed by atoms with van der Waals surface area (Å²) in [4.78, 5) is 0. The summed E-state index contributed by atoms with van der Waals surface area (Å²) in [5.74, 6) is 0. The molecule has 0 saturated carbocycles. The van der Waals surface area contributed by atoms with Crippen molar-refractivity contribution in [3.8, 4) is 0 Å². The maximum Gasteiger partial charge on any atom is 0.0795 e. The third kappa shape index (κ3) is 4.59. The summed E-state index contributed by atoms with van der Waals surface area (Å²) in [6.45, 7) is 0. The molecule has 0 aromatic heterocycles. The second-order valence-corrected chi connectivity index (χ2v) is 3.05. The molecule has 0 aliphatic rings. The first-order valence-electron chi connectivity index (χ1n) is 1.73. The highest BCUT2D eigenvalue weighted by Crippen LogP contribution is 2.18. The van der Waals surface area contributed by atoms with E-state index in [2.05, 4.69) is 0 Å². The molecule has 0 saturated heterocycles. The Bertz CT molecular complexity index is 70.1. The Balaban J connectivity index is 3.29. The molecule has 0 amide bonds. The smallest absolute Gasteiger partial charge is 0.0795 e. The van der Waals surface area contributed by atoms with Gasteiger partial charge in [-0.05, 0) is 17.9 Å². The number of rotatable bonds is 2. The number of hydrogen-bond acceptors (Lipinski definition) is 2. The second-order valence-electron chi connectivity index (χ2n) is 0.862. The van der Waals surface area contributed by atoms with Crippen LogP contribution in [0.4, 0.5) is 0 Å². The van der Waals surface area contributed by atoms with Gasteiger partial charge in [0, 0.05) is 0 Å². The molecule has 7 heavy (non-hydrogen) atoms. The molecule has 0 aliphatic carbocycles. The Hall–Kier alpha value is 0.730. The lowest BCUT2D eigenvalue weighted by molar-refractivity contribution is 2.32. The fraction of sp³-hybridized carbons (Fsp3) is 0.500. The third-order valence-electron chi connectivity index (χ3n) is 0.406. The molecule has 0 aromatic rings. The van der Waals surface area contributed by atoms with Gasteiger partial charge in [-0.1, -0.05) is 11.6 Å². The van der Waals surface area contributed by atoms with Crippen LogP contribution in [0.3, 0.4) is 0 Å². The Morgan fingerprint density at radius 1 is 1.57 bits per heavy atom. The zero-order chi connectivity index (χ0) is 5.70. The molecule has 0 fully saturated rings. The van der Waals surface area contributed by atoms with Gasteiger partial charge in [0.25, 0.3) is 0 Å². The van der Waals surface area contributed by atoms with Crippen LogP contribution in [0.1, 0.15) is 0 Å². The molecule has 0 radical (unpaired) electrons. The fourth-order valence-corrected chi connectivity index (χ4v) is 1.27. The molecule has 0 aromatic carbocycles. The lowest BCUT2D eigenvalue weighted by atomic mass is 11.2. The Labute approximate surface area is 57.7 Å². The predicted molar refractivity (Wildman–Crippen MR) is 41.0 cm³/mol. The predicted octanol–water partition coefficient (Wildman–Crippen LogP) is 2.75. The first kappa shape index (κ1) is 7.73. The molecule has 0 unspecified atom stereocenters. The second kappa shape index (κ2) is 4.88. The van der Waals surface area contributed by atoms with Crippen molar-refractivity contribution < 1.29 is 0 Å². The molecule has 0 nitrogen and oxygen atoms in total. The maximum atomic E-state index is 5.57. The van der Waals surface area contributed by atoms with Crippen LogP contribution in [0.2, 0.25) is 0 Å². The van der Waals surface area contributed by atoms with Crippen molar-refractivity contribution in [2.75, 3.05) is 12.5 Å². The Kier molecular flexibility index (Phi) is 5.39. The van der Waals surface area contributed by atoms with E-state index in [4.69, 9.17) is 11.6 Å². The average Bonchev–Trinajstić information content (AvgIpc) is 1.68. The van der Waals surface area contributed by atoms with Gasteiger partial charge in [-0.2, -0.15) is 0 Å². The van der Waals surface area contributed by atoms with Crippen LogP contribution in [-0.2, 0) is 0 Å². The number of halogens is 1. The van der Waals surface area contributed by atoms with E-state index in [0.717, 1.165) is 4.36 Å². The van der Waals surface area contributed by atoms with E-state index >= 15 is 0 Å². The molecule has 0 N–H and O–H groups in total. The SMILES string of the molecule is CS/C=C(\Cl)SC. The van der Waals surface area contributed by atoms with Crippen LogP contribution in [0.5, 0.6) is 0 Å². The van der Waals surface area contributed by atoms with Crippen LogP contribution in [0.15, 0.2) is 9.77 Å². The summed E-state index contributed by atoms with van der Waals surface area (Å²) < 4.78 is 0.854. The normalized spacial score (nSPS) is 12.1. The summed E-state index contributed by atoms with van der Waals surface area (Å²) in [5.41, 5.74) is 0. The van der Waals surface area contributed by atoms with E-state index in [-0.39, 0.29) is 0 Å². The quantitative estimate of drug-likeness (QED) is 0.600. The van der Waals surface area contributed by atoms with Crippen LogP contribution in [0.25, 0.3) is 0 Å². The molecule has 3 heteroatoms. The highest BCUT2D eigenvalue weighted by atomic mass is 35.5. The zero-order valence-corrected chi connectivity index (χ0v) is 6.66. The molecule has 0 bridgehead atoms.